The molecule has 1 aliphatic carbocycles. The van der Waals surface area contributed by atoms with Gasteiger partial charge in [0, 0.05) is 29.6 Å². The van der Waals surface area contributed by atoms with E-state index in [4.69, 9.17) is 10.5 Å². The van der Waals surface area contributed by atoms with Crippen molar-refractivity contribution in [3.63, 3.8) is 0 Å². The minimum Gasteiger partial charge on any atom is -0.491 e. The normalized spacial score (nSPS) is 12.8. The molecule has 4 rings (SSSR count). The molecule has 28 heavy (non-hydrogen) atoms. The van der Waals surface area contributed by atoms with E-state index in [1.165, 1.54) is 11.3 Å². The maximum Gasteiger partial charge on any atom is 0.198 e. The summed E-state index contributed by atoms with van der Waals surface area (Å²) in [5.41, 5.74) is 7.99. The molecule has 0 saturated heterocycles. The summed E-state index contributed by atoms with van der Waals surface area (Å²) in [6.07, 6.45) is 1.87. The van der Waals surface area contributed by atoms with E-state index in [-0.39, 0.29) is 11.6 Å². The molecule has 2 aromatic carbocycles. The van der Waals surface area contributed by atoms with Crippen LogP contribution in [0.2, 0.25) is 0 Å². The molecule has 6 heteroatoms. The molecule has 144 valence electrons. The molecule has 5 nitrogen and oxygen atoms in total. The fourth-order valence-electron chi connectivity index (χ4n) is 3.60. The second kappa shape index (κ2) is 7.73. The van der Waals surface area contributed by atoms with Crippen molar-refractivity contribution < 1.29 is 14.3 Å². The van der Waals surface area contributed by atoms with E-state index in [9.17, 15) is 9.59 Å². The third-order valence-electron chi connectivity index (χ3n) is 4.93. The SMILES string of the molecule is CCCCOc1c2c(c(NCCN)c3ccsc13)C(=O)c1ccccc1C2=O. The van der Waals surface area contributed by atoms with Gasteiger partial charge in [-0.15, -0.1) is 11.3 Å². The van der Waals surface area contributed by atoms with E-state index in [2.05, 4.69) is 12.2 Å². The number of fused-ring (bicyclic) bond motifs is 3. The Morgan fingerprint density at radius 3 is 2.46 bits per heavy atom. The van der Waals surface area contributed by atoms with Crippen LogP contribution in [0.1, 0.15) is 51.6 Å². The molecule has 0 spiro atoms. The highest BCUT2D eigenvalue weighted by atomic mass is 32.1. The van der Waals surface area contributed by atoms with E-state index in [1.54, 1.807) is 24.3 Å². The minimum absolute atomic E-state index is 0.154. The molecular weight excluding hydrogens is 372 g/mol. The number of rotatable bonds is 7. The number of unbranched alkanes of at least 4 members (excludes halogenated alkanes) is 1. The predicted octanol–water partition coefficient (Wildman–Crippen LogP) is 4.23. The lowest BCUT2D eigenvalue weighted by Crippen LogP contribution is -2.25. The van der Waals surface area contributed by atoms with Crippen LogP contribution in [0.15, 0.2) is 35.7 Å². The van der Waals surface area contributed by atoms with Gasteiger partial charge in [0.1, 0.15) is 5.75 Å². The first-order valence-corrected chi connectivity index (χ1v) is 10.4. The molecule has 0 aliphatic heterocycles. The number of hydrogen-bond acceptors (Lipinski definition) is 6. The van der Waals surface area contributed by atoms with Gasteiger partial charge < -0.3 is 15.8 Å². The maximum absolute atomic E-state index is 13.4. The molecule has 1 aliphatic rings. The largest absolute Gasteiger partial charge is 0.491 e. The lowest BCUT2D eigenvalue weighted by Gasteiger charge is -2.24. The molecule has 0 atom stereocenters. The van der Waals surface area contributed by atoms with Crippen LogP contribution in [-0.2, 0) is 0 Å². The monoisotopic (exact) mass is 394 g/mol. The molecule has 3 aromatic rings. The molecule has 0 fully saturated rings. The topological polar surface area (TPSA) is 81.4 Å². The van der Waals surface area contributed by atoms with Crippen molar-refractivity contribution >= 4 is 38.7 Å². The molecule has 0 saturated carbocycles. The van der Waals surface area contributed by atoms with E-state index >= 15 is 0 Å². The van der Waals surface area contributed by atoms with Crippen LogP contribution >= 0.6 is 11.3 Å². The van der Waals surface area contributed by atoms with Crippen molar-refractivity contribution in [2.45, 2.75) is 19.8 Å². The standard InChI is InChI=1S/C22H22N2O3S/c1-2-3-11-27-21-17-16(18(24-10-9-23)15-8-12-28-22(15)21)19(25)13-6-4-5-7-14(13)20(17)26/h4-8,12,24H,2-3,9-11,23H2,1H3. The summed E-state index contributed by atoms with van der Waals surface area (Å²) < 4.78 is 6.98. The van der Waals surface area contributed by atoms with E-state index in [0.717, 1.165) is 22.9 Å². The van der Waals surface area contributed by atoms with Crippen molar-refractivity contribution in [3.05, 3.63) is 58.0 Å². The smallest absolute Gasteiger partial charge is 0.198 e. The minimum atomic E-state index is -0.164. The Morgan fingerprint density at radius 2 is 1.79 bits per heavy atom. The van der Waals surface area contributed by atoms with Gasteiger partial charge in [-0.05, 0) is 17.9 Å². The fourth-order valence-corrected chi connectivity index (χ4v) is 4.50. The number of carbonyl (C=O) groups excluding carboxylic acids is 2. The zero-order chi connectivity index (χ0) is 19.7. The second-order valence-corrected chi connectivity index (χ2v) is 7.65. The maximum atomic E-state index is 13.4. The highest BCUT2D eigenvalue weighted by molar-refractivity contribution is 7.17. The lowest BCUT2D eigenvalue weighted by atomic mass is 9.82. The Balaban J connectivity index is 2.01. The van der Waals surface area contributed by atoms with Gasteiger partial charge in [-0.2, -0.15) is 0 Å². The zero-order valence-corrected chi connectivity index (χ0v) is 16.5. The summed E-state index contributed by atoms with van der Waals surface area (Å²) in [5, 5.41) is 6.13. The quantitative estimate of drug-likeness (QED) is 0.459. The van der Waals surface area contributed by atoms with Crippen molar-refractivity contribution in [3.8, 4) is 5.75 Å². The van der Waals surface area contributed by atoms with Crippen LogP contribution in [0.4, 0.5) is 5.69 Å². The van der Waals surface area contributed by atoms with E-state index < -0.39 is 0 Å². The third kappa shape index (κ3) is 2.89. The van der Waals surface area contributed by atoms with Gasteiger partial charge in [0.15, 0.2) is 11.6 Å². The van der Waals surface area contributed by atoms with Gasteiger partial charge in [-0.3, -0.25) is 9.59 Å². The van der Waals surface area contributed by atoms with Crippen molar-refractivity contribution in [2.24, 2.45) is 5.73 Å². The van der Waals surface area contributed by atoms with Crippen LogP contribution in [0, 0.1) is 0 Å². The van der Waals surface area contributed by atoms with Gasteiger partial charge >= 0.3 is 0 Å². The molecule has 1 heterocycles. The number of hydrogen-bond donors (Lipinski definition) is 2. The van der Waals surface area contributed by atoms with E-state index in [1.807, 2.05) is 11.4 Å². The Kier molecular flexibility index (Phi) is 5.15. The molecule has 0 radical (unpaired) electrons. The molecular formula is C22H22N2O3S. The molecule has 0 unspecified atom stereocenters. The Hall–Kier alpha value is -2.70. The Bertz CT molecular complexity index is 1070. The number of benzene rings is 2. The number of thiophene rings is 1. The Labute approximate surface area is 167 Å². The lowest BCUT2D eigenvalue weighted by molar-refractivity contribution is 0.0976. The van der Waals surface area contributed by atoms with Crippen LogP contribution in [0.3, 0.4) is 0 Å². The van der Waals surface area contributed by atoms with Gasteiger partial charge in [-0.25, -0.2) is 0 Å². The number of ketones is 2. The molecule has 0 bridgehead atoms. The summed E-state index contributed by atoms with van der Waals surface area (Å²) >= 11 is 1.52. The summed E-state index contributed by atoms with van der Waals surface area (Å²) in [4.78, 5) is 26.8. The number of ether oxygens (including phenoxy) is 1. The summed E-state index contributed by atoms with van der Waals surface area (Å²) in [7, 11) is 0. The number of nitrogens with one attached hydrogen (secondary N) is 1. The average Bonchev–Trinajstić information content (AvgIpc) is 3.20. The summed E-state index contributed by atoms with van der Waals surface area (Å²) in [6, 6.07) is 8.94. The number of carbonyl (C=O) groups is 2. The average molecular weight is 394 g/mol. The van der Waals surface area contributed by atoms with Gasteiger partial charge in [0.05, 0.1) is 28.1 Å². The Morgan fingerprint density at radius 1 is 1.07 bits per heavy atom. The van der Waals surface area contributed by atoms with Crippen LogP contribution in [0.25, 0.3) is 10.1 Å². The van der Waals surface area contributed by atoms with Crippen molar-refractivity contribution in [2.75, 3.05) is 25.0 Å². The third-order valence-corrected chi connectivity index (χ3v) is 5.84. The fraction of sp³-hybridized carbons (Fsp3) is 0.273. The first-order valence-electron chi connectivity index (χ1n) is 9.51. The second-order valence-electron chi connectivity index (χ2n) is 6.74. The first kappa shape index (κ1) is 18.7. The predicted molar refractivity (Wildman–Crippen MR) is 113 cm³/mol. The van der Waals surface area contributed by atoms with Gasteiger partial charge in [0.25, 0.3) is 0 Å². The van der Waals surface area contributed by atoms with Crippen molar-refractivity contribution in [1.29, 1.82) is 0 Å². The molecule has 3 N–H and O–H groups in total. The summed E-state index contributed by atoms with van der Waals surface area (Å²) in [6.45, 7) is 3.53. The number of anilines is 1. The summed E-state index contributed by atoms with van der Waals surface area (Å²) in [5.74, 6) is 0.209. The zero-order valence-electron chi connectivity index (χ0n) is 15.7. The van der Waals surface area contributed by atoms with Gasteiger partial charge in [0.2, 0.25) is 0 Å². The van der Waals surface area contributed by atoms with Crippen molar-refractivity contribution in [1.82, 2.24) is 0 Å². The molecule has 0 amide bonds. The van der Waals surface area contributed by atoms with E-state index in [0.29, 0.717) is 53.4 Å². The highest BCUT2D eigenvalue weighted by Gasteiger charge is 2.36. The molecule has 1 aromatic heterocycles. The van der Waals surface area contributed by atoms with Crippen LogP contribution in [-0.4, -0.2) is 31.3 Å². The van der Waals surface area contributed by atoms with Crippen LogP contribution < -0.4 is 15.8 Å². The van der Waals surface area contributed by atoms with Crippen LogP contribution in [0.5, 0.6) is 5.75 Å². The number of nitrogens with two attached hydrogens (primary N) is 1. The first-order chi connectivity index (χ1) is 13.7. The highest BCUT2D eigenvalue weighted by Crippen LogP contribution is 2.46. The van der Waals surface area contributed by atoms with Gasteiger partial charge in [-0.1, -0.05) is 37.6 Å².